The number of carbonyl (C=O) groups excluding carboxylic acids is 5. The van der Waals surface area contributed by atoms with Gasteiger partial charge in [0, 0.05) is 23.9 Å². The van der Waals surface area contributed by atoms with Crippen molar-refractivity contribution in [3.8, 4) is 0 Å². The number of aromatic amines is 1. The number of ketones is 1. The van der Waals surface area contributed by atoms with Gasteiger partial charge >= 0.3 is 5.97 Å². The highest BCUT2D eigenvalue weighted by atomic mass is 19.1. The third-order valence-electron chi connectivity index (χ3n) is 7.54. The predicted octanol–water partition coefficient (Wildman–Crippen LogP) is 1.76. The van der Waals surface area contributed by atoms with Gasteiger partial charge in [0.2, 0.25) is 11.8 Å². The number of piperidine rings is 1. The highest BCUT2D eigenvalue weighted by Crippen LogP contribution is 2.34. The number of ether oxygens (including phenoxy) is 1. The number of hydrogen-bond acceptors (Lipinski definition) is 7. The van der Waals surface area contributed by atoms with E-state index in [0.29, 0.717) is 31.0 Å². The second-order valence-electron chi connectivity index (χ2n) is 11.1. The fraction of sp³-hybridized carbons (Fsp3) is 0.483. The second kappa shape index (κ2) is 13.2. The van der Waals surface area contributed by atoms with Crippen LogP contribution in [-0.4, -0.2) is 65.7 Å². The Morgan fingerprint density at radius 3 is 2.50 bits per heavy atom. The molecule has 1 aromatic heterocycles. The first-order chi connectivity index (χ1) is 19.9. The summed E-state index contributed by atoms with van der Waals surface area (Å²) in [6.07, 6.45) is 3.18. The smallest absolute Gasteiger partial charge is 0.327 e. The molecule has 226 valence electrons. The molecule has 0 spiro atoms. The fourth-order valence-corrected chi connectivity index (χ4v) is 4.86. The number of amides is 3. The summed E-state index contributed by atoms with van der Waals surface area (Å²) in [7, 11) is 0. The van der Waals surface area contributed by atoms with Crippen molar-refractivity contribution in [1.29, 1.82) is 0 Å². The van der Waals surface area contributed by atoms with Gasteiger partial charge in [-0.2, -0.15) is 0 Å². The van der Waals surface area contributed by atoms with E-state index in [-0.39, 0.29) is 41.3 Å². The number of hydrogen-bond donors (Lipinski definition) is 5. The molecule has 1 aliphatic carbocycles. The molecule has 13 heteroatoms. The highest BCUT2D eigenvalue weighted by molar-refractivity contribution is 6.01. The zero-order valence-electron chi connectivity index (χ0n) is 23.3. The van der Waals surface area contributed by atoms with Gasteiger partial charge in [0.1, 0.15) is 29.4 Å². The summed E-state index contributed by atoms with van der Waals surface area (Å²) in [5.74, 6) is -5.18. The number of carbonyl (C=O) groups is 5. The molecule has 1 saturated carbocycles. The topological polar surface area (TPSA) is 172 Å². The summed E-state index contributed by atoms with van der Waals surface area (Å²) in [6.45, 7) is 4.96. The van der Waals surface area contributed by atoms with Gasteiger partial charge < -0.3 is 31.4 Å². The monoisotopic (exact) mass is 587 g/mol. The lowest BCUT2D eigenvalue weighted by atomic mass is 9.90. The van der Waals surface area contributed by atoms with Crippen molar-refractivity contribution < 1.29 is 37.5 Å². The summed E-state index contributed by atoms with van der Waals surface area (Å²) in [5, 5.41) is 8.18. The van der Waals surface area contributed by atoms with Crippen LogP contribution in [-0.2, 0) is 23.9 Å². The molecule has 1 aliphatic heterocycles. The Hall–Kier alpha value is -4.13. The van der Waals surface area contributed by atoms with Crippen molar-refractivity contribution in [2.45, 2.75) is 63.6 Å². The number of fused-ring (bicyclic) bond motifs is 1. The normalized spacial score (nSPS) is 18.9. The van der Waals surface area contributed by atoms with Crippen LogP contribution in [0.5, 0.6) is 0 Å². The molecule has 2 fully saturated rings. The van der Waals surface area contributed by atoms with E-state index in [9.17, 15) is 32.8 Å². The molecule has 6 N–H and O–H groups in total. The first-order valence-electron chi connectivity index (χ1n) is 13.9. The van der Waals surface area contributed by atoms with Gasteiger partial charge in [-0.05, 0) is 50.7 Å². The molecule has 4 atom stereocenters. The van der Waals surface area contributed by atoms with Crippen LogP contribution in [0.25, 0.3) is 10.9 Å². The molecule has 3 amide bonds. The van der Waals surface area contributed by atoms with E-state index < -0.39 is 65.9 Å². The van der Waals surface area contributed by atoms with Gasteiger partial charge in [-0.15, -0.1) is 0 Å². The summed E-state index contributed by atoms with van der Waals surface area (Å²) in [4.78, 5) is 66.9. The molecule has 0 unspecified atom stereocenters. The lowest BCUT2D eigenvalue weighted by Gasteiger charge is -2.27. The van der Waals surface area contributed by atoms with E-state index in [2.05, 4.69) is 27.5 Å². The number of aromatic nitrogens is 1. The Balaban J connectivity index is 1.49. The number of Topliss-reactive ketones (excluding diaryl/α,β-unsaturated/α-hetero) is 1. The number of halogens is 2. The quantitative estimate of drug-likeness (QED) is 0.175. The molecule has 1 aromatic carbocycles. The number of H-pyrrole nitrogens is 1. The molecule has 0 radical (unpaired) electrons. The van der Waals surface area contributed by atoms with Gasteiger partial charge in [-0.1, -0.05) is 25.0 Å². The van der Waals surface area contributed by atoms with Crippen molar-refractivity contribution >= 4 is 40.4 Å². The maximum atomic E-state index is 14.2. The third-order valence-corrected chi connectivity index (χ3v) is 7.54. The lowest BCUT2D eigenvalue weighted by molar-refractivity contribution is -0.149. The van der Waals surface area contributed by atoms with Gasteiger partial charge in [-0.25, -0.2) is 13.6 Å². The number of nitrogens with one attached hydrogen (secondary N) is 4. The Morgan fingerprint density at radius 1 is 1.10 bits per heavy atom. The standard InChI is InChI=1S/C29H35F2N5O6/c1-14(2)24(32)29(41)42-13-23(37)20(10-16-4-3-7-33-26(16)38)35-27(39)21(8-15-5-6-15)36-28(40)22-11-17-9-18(30)12-19(31)25(17)34-22/h9,11-12,15-16,20-21,24,34H,1,3-8,10,13,32H2,2H3,(H,33,38)(H,35,39)(H,36,40)/t16-,20-,21-,24-/m0/s1. The molecule has 42 heavy (non-hydrogen) atoms. The van der Waals surface area contributed by atoms with Crippen LogP contribution < -0.4 is 21.7 Å². The Kier molecular flexibility index (Phi) is 9.71. The maximum absolute atomic E-state index is 14.2. The SMILES string of the molecule is C=C(C)[C@H](N)C(=O)OCC(=O)[C@H](C[C@@H]1CCCNC1=O)NC(=O)[C@H](CC1CC1)NC(=O)c1cc2cc(F)cc(F)c2[nH]1. The Bertz CT molecular complexity index is 1400. The summed E-state index contributed by atoms with van der Waals surface area (Å²) in [5.41, 5.74) is 5.92. The summed E-state index contributed by atoms with van der Waals surface area (Å²) < 4.78 is 32.8. The van der Waals surface area contributed by atoms with Gasteiger partial charge in [0.15, 0.2) is 12.4 Å². The van der Waals surface area contributed by atoms with Crippen LogP contribution >= 0.6 is 0 Å². The second-order valence-corrected chi connectivity index (χ2v) is 11.1. The van der Waals surface area contributed by atoms with Crippen molar-refractivity contribution in [2.24, 2.45) is 17.6 Å². The molecule has 11 nitrogen and oxygen atoms in total. The summed E-state index contributed by atoms with van der Waals surface area (Å²) in [6, 6.07) is -0.328. The first-order valence-corrected chi connectivity index (χ1v) is 13.9. The average molecular weight is 588 g/mol. The largest absolute Gasteiger partial charge is 0.456 e. The van der Waals surface area contributed by atoms with Crippen LogP contribution in [0.2, 0.25) is 0 Å². The van der Waals surface area contributed by atoms with Gasteiger partial charge in [0.25, 0.3) is 5.91 Å². The van der Waals surface area contributed by atoms with Crippen molar-refractivity contribution in [3.63, 3.8) is 0 Å². The van der Waals surface area contributed by atoms with E-state index in [0.717, 1.165) is 18.9 Å². The van der Waals surface area contributed by atoms with Crippen LogP contribution in [0.3, 0.4) is 0 Å². The predicted molar refractivity (Wildman–Crippen MR) is 148 cm³/mol. The van der Waals surface area contributed by atoms with Crippen LogP contribution in [0.1, 0.15) is 55.9 Å². The van der Waals surface area contributed by atoms with Crippen LogP contribution in [0.15, 0.2) is 30.4 Å². The van der Waals surface area contributed by atoms with E-state index in [4.69, 9.17) is 10.5 Å². The zero-order valence-corrected chi connectivity index (χ0v) is 23.3. The summed E-state index contributed by atoms with van der Waals surface area (Å²) >= 11 is 0. The average Bonchev–Trinajstić information content (AvgIpc) is 3.66. The number of nitrogens with two attached hydrogens (primary N) is 1. The third kappa shape index (κ3) is 7.78. The molecule has 2 heterocycles. The molecule has 2 aliphatic rings. The number of rotatable bonds is 13. The minimum absolute atomic E-state index is 0.0303. The van der Waals surface area contributed by atoms with E-state index in [1.807, 2.05) is 0 Å². The minimum Gasteiger partial charge on any atom is -0.456 e. The fourth-order valence-electron chi connectivity index (χ4n) is 4.86. The van der Waals surface area contributed by atoms with E-state index in [1.165, 1.54) is 13.0 Å². The lowest BCUT2D eigenvalue weighted by Crippen LogP contribution is -2.53. The van der Waals surface area contributed by atoms with Crippen LogP contribution in [0, 0.1) is 23.5 Å². The molecular formula is C29H35F2N5O6. The van der Waals surface area contributed by atoms with Gasteiger partial charge in [-0.3, -0.25) is 19.2 Å². The Labute approximate surface area is 241 Å². The minimum atomic E-state index is -1.19. The van der Waals surface area contributed by atoms with Crippen molar-refractivity contribution in [3.05, 3.63) is 47.7 Å². The Morgan fingerprint density at radius 2 is 1.83 bits per heavy atom. The zero-order chi connectivity index (χ0) is 30.6. The van der Waals surface area contributed by atoms with E-state index >= 15 is 0 Å². The van der Waals surface area contributed by atoms with E-state index in [1.54, 1.807) is 0 Å². The molecule has 1 saturated heterocycles. The van der Waals surface area contributed by atoms with Gasteiger partial charge in [0.05, 0.1) is 11.6 Å². The van der Waals surface area contributed by atoms with Crippen molar-refractivity contribution in [2.75, 3.05) is 13.2 Å². The first kappa shape index (κ1) is 30.8. The molecular weight excluding hydrogens is 552 g/mol. The number of esters is 1. The van der Waals surface area contributed by atoms with Crippen LogP contribution in [0.4, 0.5) is 8.78 Å². The highest BCUT2D eigenvalue weighted by Gasteiger charge is 2.35. The number of benzene rings is 1. The molecule has 4 rings (SSSR count). The molecule has 2 aromatic rings. The molecule has 0 bridgehead atoms. The maximum Gasteiger partial charge on any atom is 0.327 e. The van der Waals surface area contributed by atoms with Crippen molar-refractivity contribution in [1.82, 2.24) is 20.9 Å².